The molecule has 0 aromatic heterocycles. The van der Waals surface area contributed by atoms with Gasteiger partial charge in [-0.15, -0.1) is 0 Å². The predicted octanol–water partition coefficient (Wildman–Crippen LogP) is 2.30. The van der Waals surface area contributed by atoms with Crippen LogP contribution in [0.3, 0.4) is 0 Å². The first-order valence-corrected chi connectivity index (χ1v) is 6.20. The zero-order chi connectivity index (χ0) is 13.4. The molecule has 4 nitrogen and oxygen atoms in total. The van der Waals surface area contributed by atoms with Gasteiger partial charge in [0.15, 0.2) is 0 Å². The zero-order valence-corrected chi connectivity index (χ0v) is 11.2. The summed E-state index contributed by atoms with van der Waals surface area (Å²) in [6.45, 7) is 5.45. The number of carbonyl (C=O) groups is 1. The SMILES string of the molecule is CCNC(C)c1cccc(OCCC(=O)OC)c1. The number of hydrogen-bond acceptors (Lipinski definition) is 4. The summed E-state index contributed by atoms with van der Waals surface area (Å²) in [6, 6.07) is 8.18. The zero-order valence-electron chi connectivity index (χ0n) is 11.2. The lowest BCUT2D eigenvalue weighted by Gasteiger charge is -2.14. The Bertz CT molecular complexity index is 379. The third-order valence-electron chi connectivity index (χ3n) is 2.67. The van der Waals surface area contributed by atoms with Gasteiger partial charge in [0.1, 0.15) is 5.75 Å². The van der Waals surface area contributed by atoms with Gasteiger partial charge in [0, 0.05) is 6.04 Å². The lowest BCUT2D eigenvalue weighted by atomic mass is 10.1. The first-order valence-electron chi connectivity index (χ1n) is 6.20. The Morgan fingerprint density at radius 1 is 1.44 bits per heavy atom. The van der Waals surface area contributed by atoms with Crippen LogP contribution in [-0.4, -0.2) is 26.2 Å². The minimum Gasteiger partial charge on any atom is -0.493 e. The first kappa shape index (κ1) is 14.5. The molecular formula is C14H21NO3. The number of carbonyl (C=O) groups excluding carboxylic acids is 1. The van der Waals surface area contributed by atoms with Gasteiger partial charge in [0.05, 0.1) is 20.1 Å². The van der Waals surface area contributed by atoms with Gasteiger partial charge < -0.3 is 14.8 Å². The average molecular weight is 251 g/mol. The van der Waals surface area contributed by atoms with Gasteiger partial charge in [0.2, 0.25) is 0 Å². The van der Waals surface area contributed by atoms with Crippen LogP contribution in [-0.2, 0) is 9.53 Å². The summed E-state index contributed by atoms with van der Waals surface area (Å²) < 4.78 is 10.1. The molecule has 0 heterocycles. The summed E-state index contributed by atoms with van der Waals surface area (Å²) in [4.78, 5) is 11.0. The predicted molar refractivity (Wildman–Crippen MR) is 70.7 cm³/mol. The first-order chi connectivity index (χ1) is 8.67. The molecule has 0 saturated heterocycles. The van der Waals surface area contributed by atoms with Crippen LogP contribution in [0.2, 0.25) is 0 Å². The van der Waals surface area contributed by atoms with Gasteiger partial charge >= 0.3 is 5.97 Å². The van der Waals surface area contributed by atoms with E-state index in [1.54, 1.807) is 0 Å². The fourth-order valence-electron chi connectivity index (χ4n) is 1.65. The monoisotopic (exact) mass is 251 g/mol. The molecule has 1 rings (SSSR count). The Kier molecular flexibility index (Phi) is 6.22. The van der Waals surface area contributed by atoms with Crippen molar-refractivity contribution in [1.29, 1.82) is 0 Å². The molecule has 1 N–H and O–H groups in total. The van der Waals surface area contributed by atoms with Crippen molar-refractivity contribution in [1.82, 2.24) is 5.32 Å². The van der Waals surface area contributed by atoms with Gasteiger partial charge in [-0.05, 0) is 31.2 Å². The van der Waals surface area contributed by atoms with Crippen LogP contribution in [0, 0.1) is 0 Å². The Morgan fingerprint density at radius 3 is 2.89 bits per heavy atom. The van der Waals surface area contributed by atoms with Crippen molar-refractivity contribution in [3.8, 4) is 5.75 Å². The second-order valence-electron chi connectivity index (χ2n) is 4.03. The number of nitrogens with one attached hydrogen (secondary N) is 1. The molecule has 0 aliphatic rings. The van der Waals surface area contributed by atoms with Crippen molar-refractivity contribution in [2.75, 3.05) is 20.3 Å². The highest BCUT2D eigenvalue weighted by molar-refractivity contribution is 5.69. The Labute approximate surface area is 108 Å². The molecule has 0 saturated carbocycles. The average Bonchev–Trinajstić information content (AvgIpc) is 2.39. The molecule has 18 heavy (non-hydrogen) atoms. The summed E-state index contributed by atoms with van der Waals surface area (Å²) in [6.07, 6.45) is 0.267. The number of hydrogen-bond donors (Lipinski definition) is 1. The van der Waals surface area contributed by atoms with Gasteiger partial charge in [0.25, 0.3) is 0 Å². The molecule has 0 bridgehead atoms. The van der Waals surface area contributed by atoms with Crippen molar-refractivity contribution < 1.29 is 14.3 Å². The van der Waals surface area contributed by atoms with Gasteiger partial charge in [-0.25, -0.2) is 0 Å². The van der Waals surface area contributed by atoms with E-state index in [0.717, 1.165) is 12.3 Å². The summed E-state index contributed by atoms with van der Waals surface area (Å²) >= 11 is 0. The van der Waals surface area contributed by atoms with E-state index in [9.17, 15) is 4.79 Å². The fraction of sp³-hybridized carbons (Fsp3) is 0.500. The summed E-state index contributed by atoms with van der Waals surface area (Å²) in [5.74, 6) is 0.522. The number of methoxy groups -OCH3 is 1. The smallest absolute Gasteiger partial charge is 0.308 e. The largest absolute Gasteiger partial charge is 0.493 e. The third kappa shape index (κ3) is 4.75. The summed E-state index contributed by atoms with van der Waals surface area (Å²) in [5.41, 5.74) is 1.17. The number of esters is 1. The molecule has 1 aromatic carbocycles. The highest BCUT2D eigenvalue weighted by Crippen LogP contribution is 2.19. The number of rotatable bonds is 7. The van der Waals surface area contributed by atoms with E-state index in [1.165, 1.54) is 12.7 Å². The molecule has 0 spiro atoms. The topological polar surface area (TPSA) is 47.6 Å². The van der Waals surface area contributed by atoms with Crippen LogP contribution in [0.5, 0.6) is 5.75 Å². The molecule has 100 valence electrons. The standard InChI is InChI=1S/C14H21NO3/c1-4-15-11(2)12-6-5-7-13(10-12)18-9-8-14(16)17-3/h5-7,10-11,15H,4,8-9H2,1-3H3. The van der Waals surface area contributed by atoms with E-state index in [1.807, 2.05) is 18.2 Å². The number of benzene rings is 1. The normalized spacial score (nSPS) is 11.9. The minimum absolute atomic E-state index is 0.257. The van der Waals surface area contributed by atoms with Gasteiger partial charge in [-0.1, -0.05) is 19.1 Å². The van der Waals surface area contributed by atoms with E-state index in [2.05, 4.69) is 30.0 Å². The Morgan fingerprint density at radius 2 is 2.22 bits per heavy atom. The molecule has 1 aromatic rings. The molecular weight excluding hydrogens is 230 g/mol. The maximum atomic E-state index is 11.0. The van der Waals surface area contributed by atoms with Gasteiger partial charge in [-0.3, -0.25) is 4.79 Å². The Hall–Kier alpha value is -1.55. The molecule has 0 radical (unpaired) electrons. The van der Waals surface area contributed by atoms with Crippen LogP contribution in [0.25, 0.3) is 0 Å². The highest BCUT2D eigenvalue weighted by Gasteiger charge is 2.05. The van der Waals surface area contributed by atoms with Crippen LogP contribution >= 0.6 is 0 Å². The Balaban J connectivity index is 2.51. The van der Waals surface area contributed by atoms with Crippen molar-refractivity contribution in [2.24, 2.45) is 0 Å². The molecule has 0 aliphatic heterocycles. The lowest BCUT2D eigenvalue weighted by molar-refractivity contribution is -0.141. The van der Waals surface area contributed by atoms with Crippen LogP contribution < -0.4 is 10.1 Å². The molecule has 4 heteroatoms. The maximum Gasteiger partial charge on any atom is 0.308 e. The third-order valence-corrected chi connectivity index (χ3v) is 2.67. The van der Waals surface area contributed by atoms with Crippen molar-refractivity contribution in [2.45, 2.75) is 26.3 Å². The van der Waals surface area contributed by atoms with Crippen LogP contribution in [0.1, 0.15) is 31.9 Å². The quantitative estimate of drug-likeness (QED) is 0.755. The van der Waals surface area contributed by atoms with Crippen molar-refractivity contribution in [3.05, 3.63) is 29.8 Å². The molecule has 1 unspecified atom stereocenters. The molecule has 0 amide bonds. The minimum atomic E-state index is -0.257. The summed E-state index contributed by atoms with van der Waals surface area (Å²) in [5, 5.41) is 3.34. The van der Waals surface area contributed by atoms with E-state index in [-0.39, 0.29) is 12.4 Å². The second kappa shape index (κ2) is 7.71. The maximum absolute atomic E-state index is 11.0. The lowest BCUT2D eigenvalue weighted by Crippen LogP contribution is -2.17. The van der Waals surface area contributed by atoms with E-state index in [4.69, 9.17) is 4.74 Å². The van der Waals surface area contributed by atoms with Crippen LogP contribution in [0.4, 0.5) is 0 Å². The van der Waals surface area contributed by atoms with Crippen LogP contribution in [0.15, 0.2) is 24.3 Å². The number of ether oxygens (including phenoxy) is 2. The van der Waals surface area contributed by atoms with Gasteiger partial charge in [-0.2, -0.15) is 0 Å². The second-order valence-corrected chi connectivity index (χ2v) is 4.03. The van der Waals surface area contributed by atoms with E-state index < -0.39 is 0 Å². The van der Waals surface area contributed by atoms with Crippen molar-refractivity contribution in [3.63, 3.8) is 0 Å². The van der Waals surface area contributed by atoms with E-state index in [0.29, 0.717) is 12.6 Å². The highest BCUT2D eigenvalue weighted by atomic mass is 16.5. The molecule has 0 aliphatic carbocycles. The van der Waals surface area contributed by atoms with Crippen molar-refractivity contribution >= 4 is 5.97 Å². The fourth-order valence-corrected chi connectivity index (χ4v) is 1.65. The van der Waals surface area contributed by atoms with E-state index >= 15 is 0 Å². The summed E-state index contributed by atoms with van der Waals surface area (Å²) in [7, 11) is 1.38. The molecule has 1 atom stereocenters. The molecule has 0 fully saturated rings.